The Kier molecular flexibility index (Phi) is 9.81. The zero-order valence-corrected chi connectivity index (χ0v) is 23.9. The normalized spacial score (nSPS) is 16.8. The van der Waals surface area contributed by atoms with Gasteiger partial charge in [0.1, 0.15) is 11.6 Å². The van der Waals surface area contributed by atoms with E-state index in [2.05, 4.69) is 27.7 Å². The summed E-state index contributed by atoms with van der Waals surface area (Å²) in [5.41, 5.74) is 1.84. The molecule has 2 aliphatic rings. The van der Waals surface area contributed by atoms with E-state index in [9.17, 15) is 4.79 Å². The number of ether oxygens (including phenoxy) is 2. The highest BCUT2D eigenvalue weighted by atomic mass is 16.5. The molecule has 0 atom stereocenters. The summed E-state index contributed by atoms with van der Waals surface area (Å²) in [5.74, 6) is 2.59. The van der Waals surface area contributed by atoms with Gasteiger partial charge in [0, 0.05) is 76.3 Å². The molecule has 3 heterocycles. The number of aromatic nitrogens is 2. The number of piperazine rings is 1. The van der Waals surface area contributed by atoms with Gasteiger partial charge in [-0.15, -0.1) is 0 Å². The number of morpholine rings is 1. The van der Waals surface area contributed by atoms with E-state index in [4.69, 9.17) is 19.4 Å². The molecule has 3 aromatic rings. The highest BCUT2D eigenvalue weighted by Crippen LogP contribution is 2.29. The number of carbonyl (C=O) groups is 1. The number of rotatable bonds is 11. The van der Waals surface area contributed by atoms with Crippen LogP contribution in [-0.2, 0) is 9.53 Å². The summed E-state index contributed by atoms with van der Waals surface area (Å²) in [7, 11) is 1.67. The van der Waals surface area contributed by atoms with Crippen LogP contribution in [0.2, 0.25) is 0 Å². The maximum atomic E-state index is 13.3. The van der Waals surface area contributed by atoms with Gasteiger partial charge in [0.2, 0.25) is 5.91 Å². The number of carbonyl (C=O) groups excluding carboxylic acids is 1. The molecule has 2 fully saturated rings. The largest absolute Gasteiger partial charge is 0.497 e. The SMILES string of the molecule is CCN1CCN(C(=O)CCN(CCCN2CCOCC2)c2nc(-c3ccc(OC)cc3)nc3ccccc23)CC1. The summed E-state index contributed by atoms with van der Waals surface area (Å²) in [4.78, 5) is 32.5. The van der Waals surface area contributed by atoms with Gasteiger partial charge < -0.3 is 24.2 Å². The third kappa shape index (κ3) is 7.08. The Labute approximate surface area is 237 Å². The molecule has 0 bridgehead atoms. The summed E-state index contributed by atoms with van der Waals surface area (Å²) in [6.07, 6.45) is 1.46. The summed E-state index contributed by atoms with van der Waals surface area (Å²) in [6.45, 7) is 12.7. The molecule has 5 rings (SSSR count). The monoisotopic (exact) mass is 546 g/mol. The Balaban J connectivity index is 1.38. The molecule has 2 aromatic carbocycles. The van der Waals surface area contributed by atoms with Crippen LogP contribution in [0.15, 0.2) is 48.5 Å². The highest BCUT2D eigenvalue weighted by Gasteiger charge is 2.22. The molecular formula is C31H42N6O3. The number of nitrogens with zero attached hydrogens (tertiary/aromatic N) is 6. The number of para-hydroxylation sites is 1. The first-order chi connectivity index (χ1) is 19.6. The van der Waals surface area contributed by atoms with E-state index in [0.29, 0.717) is 18.8 Å². The van der Waals surface area contributed by atoms with Crippen molar-refractivity contribution in [3.05, 3.63) is 48.5 Å². The van der Waals surface area contributed by atoms with Gasteiger partial charge in [-0.1, -0.05) is 19.1 Å². The molecule has 214 valence electrons. The Hall–Kier alpha value is -3.27. The number of anilines is 1. The molecule has 0 aliphatic carbocycles. The lowest BCUT2D eigenvalue weighted by atomic mass is 10.1. The number of fused-ring (bicyclic) bond motifs is 1. The molecule has 0 N–H and O–H groups in total. The predicted octanol–water partition coefficient (Wildman–Crippen LogP) is 3.39. The summed E-state index contributed by atoms with van der Waals surface area (Å²) < 4.78 is 10.9. The second-order valence-corrected chi connectivity index (χ2v) is 10.5. The quantitative estimate of drug-likeness (QED) is 0.363. The number of amides is 1. The zero-order chi connectivity index (χ0) is 27.7. The number of hydrogen-bond acceptors (Lipinski definition) is 8. The van der Waals surface area contributed by atoms with E-state index < -0.39 is 0 Å². The standard InChI is InChI=1S/C31H42N6O3/c1-3-34-17-19-36(20-18-34)29(38)13-16-37(15-6-14-35-21-23-40-24-22-35)31-27-7-4-5-8-28(27)32-30(33-31)25-9-11-26(39-2)12-10-25/h4-5,7-12H,3,6,13-24H2,1-2H3. The molecule has 9 nitrogen and oxygen atoms in total. The van der Waals surface area contributed by atoms with E-state index in [0.717, 1.165) is 107 Å². The van der Waals surface area contributed by atoms with Crippen LogP contribution in [0.1, 0.15) is 19.8 Å². The van der Waals surface area contributed by atoms with Crippen LogP contribution in [0, 0.1) is 0 Å². The lowest BCUT2D eigenvalue weighted by Crippen LogP contribution is -2.49. The van der Waals surface area contributed by atoms with Crippen molar-refractivity contribution in [1.29, 1.82) is 0 Å². The smallest absolute Gasteiger partial charge is 0.224 e. The summed E-state index contributed by atoms with van der Waals surface area (Å²) in [5, 5.41) is 1.01. The fraction of sp³-hybridized carbons (Fsp3) is 0.516. The molecule has 40 heavy (non-hydrogen) atoms. The van der Waals surface area contributed by atoms with Gasteiger partial charge in [-0.3, -0.25) is 9.69 Å². The number of benzene rings is 2. The van der Waals surface area contributed by atoms with Crippen LogP contribution in [0.3, 0.4) is 0 Å². The van der Waals surface area contributed by atoms with Crippen LogP contribution in [0.25, 0.3) is 22.3 Å². The molecule has 1 aromatic heterocycles. The Morgan fingerprint density at radius 1 is 0.925 bits per heavy atom. The lowest BCUT2D eigenvalue weighted by molar-refractivity contribution is -0.132. The van der Waals surface area contributed by atoms with E-state index in [1.54, 1.807) is 7.11 Å². The van der Waals surface area contributed by atoms with Crippen LogP contribution >= 0.6 is 0 Å². The van der Waals surface area contributed by atoms with Crippen molar-refractivity contribution in [2.24, 2.45) is 0 Å². The second-order valence-electron chi connectivity index (χ2n) is 10.5. The Morgan fingerprint density at radius 2 is 1.68 bits per heavy atom. The van der Waals surface area contributed by atoms with Gasteiger partial charge >= 0.3 is 0 Å². The van der Waals surface area contributed by atoms with Crippen molar-refractivity contribution in [2.75, 3.05) is 90.7 Å². The van der Waals surface area contributed by atoms with Crippen molar-refractivity contribution in [2.45, 2.75) is 19.8 Å². The van der Waals surface area contributed by atoms with Crippen molar-refractivity contribution >= 4 is 22.6 Å². The maximum Gasteiger partial charge on any atom is 0.224 e. The zero-order valence-electron chi connectivity index (χ0n) is 23.9. The molecule has 0 saturated carbocycles. The minimum Gasteiger partial charge on any atom is -0.497 e. The molecule has 1 amide bonds. The number of methoxy groups -OCH3 is 1. The average molecular weight is 547 g/mol. The van der Waals surface area contributed by atoms with Crippen LogP contribution < -0.4 is 9.64 Å². The van der Waals surface area contributed by atoms with Gasteiger partial charge in [0.05, 0.1) is 25.8 Å². The van der Waals surface area contributed by atoms with E-state index in [1.807, 2.05) is 47.4 Å². The van der Waals surface area contributed by atoms with Crippen molar-refractivity contribution < 1.29 is 14.3 Å². The fourth-order valence-electron chi connectivity index (χ4n) is 5.51. The van der Waals surface area contributed by atoms with Crippen LogP contribution in [0.5, 0.6) is 5.75 Å². The number of likely N-dealkylation sites (N-methyl/N-ethyl adjacent to an activating group) is 1. The van der Waals surface area contributed by atoms with Crippen molar-refractivity contribution in [3.63, 3.8) is 0 Å². The molecule has 0 radical (unpaired) electrons. The Morgan fingerprint density at radius 3 is 2.40 bits per heavy atom. The number of hydrogen-bond donors (Lipinski definition) is 0. The minimum absolute atomic E-state index is 0.225. The van der Waals surface area contributed by atoms with E-state index in [-0.39, 0.29) is 5.91 Å². The van der Waals surface area contributed by atoms with Gasteiger partial charge in [0.25, 0.3) is 0 Å². The van der Waals surface area contributed by atoms with Gasteiger partial charge in [-0.25, -0.2) is 9.97 Å². The molecule has 2 saturated heterocycles. The van der Waals surface area contributed by atoms with E-state index >= 15 is 0 Å². The van der Waals surface area contributed by atoms with E-state index in [1.165, 1.54) is 0 Å². The molecule has 0 spiro atoms. The Bertz CT molecular complexity index is 1240. The van der Waals surface area contributed by atoms with Crippen LogP contribution in [0.4, 0.5) is 5.82 Å². The minimum atomic E-state index is 0.225. The van der Waals surface area contributed by atoms with Crippen LogP contribution in [-0.4, -0.2) is 116 Å². The third-order valence-electron chi connectivity index (χ3n) is 8.00. The van der Waals surface area contributed by atoms with Crippen molar-refractivity contribution in [3.8, 4) is 17.1 Å². The average Bonchev–Trinajstić information content (AvgIpc) is 3.02. The maximum absolute atomic E-state index is 13.3. The first kappa shape index (κ1) is 28.3. The van der Waals surface area contributed by atoms with Gasteiger partial charge in [0.15, 0.2) is 5.82 Å². The molecule has 2 aliphatic heterocycles. The summed E-state index contributed by atoms with van der Waals surface area (Å²) in [6, 6.07) is 16.0. The van der Waals surface area contributed by atoms with Gasteiger partial charge in [-0.2, -0.15) is 0 Å². The van der Waals surface area contributed by atoms with Gasteiger partial charge in [-0.05, 0) is 49.4 Å². The molecule has 0 unspecified atom stereocenters. The fourth-order valence-corrected chi connectivity index (χ4v) is 5.51. The third-order valence-corrected chi connectivity index (χ3v) is 8.00. The first-order valence-corrected chi connectivity index (χ1v) is 14.6. The second kappa shape index (κ2) is 13.9. The molecular weight excluding hydrogens is 504 g/mol. The van der Waals surface area contributed by atoms with Crippen molar-refractivity contribution in [1.82, 2.24) is 24.7 Å². The topological polar surface area (TPSA) is 74.3 Å². The predicted molar refractivity (Wildman–Crippen MR) is 159 cm³/mol. The summed E-state index contributed by atoms with van der Waals surface area (Å²) >= 11 is 0. The highest BCUT2D eigenvalue weighted by molar-refractivity contribution is 5.91. The molecule has 9 heteroatoms. The lowest BCUT2D eigenvalue weighted by Gasteiger charge is -2.35. The first-order valence-electron chi connectivity index (χ1n) is 14.6.